The Hall–Kier alpha value is -1.74. The van der Waals surface area contributed by atoms with Crippen LogP contribution in [0.2, 0.25) is 0 Å². The van der Waals surface area contributed by atoms with Crippen molar-refractivity contribution in [1.29, 1.82) is 0 Å². The maximum Gasteiger partial charge on any atom is 0.163 e. The lowest BCUT2D eigenvalue weighted by atomic mass is 9.99. The van der Waals surface area contributed by atoms with E-state index in [1.54, 1.807) is 6.07 Å². The first kappa shape index (κ1) is 15.6. The van der Waals surface area contributed by atoms with Crippen LogP contribution in [0.5, 0.6) is 11.5 Å². The number of alkyl halides is 1. The number of benzene rings is 2. The van der Waals surface area contributed by atoms with Gasteiger partial charge in [-0.1, -0.05) is 24.3 Å². The highest BCUT2D eigenvalue weighted by molar-refractivity contribution is 6.21. The van der Waals surface area contributed by atoms with Gasteiger partial charge in [0.2, 0.25) is 0 Å². The molecular formula is C17H18ClFO2. The highest BCUT2D eigenvalue weighted by Crippen LogP contribution is 2.36. The molecule has 2 rings (SSSR count). The minimum Gasteiger partial charge on any atom is -0.493 e. The summed E-state index contributed by atoms with van der Waals surface area (Å²) in [6, 6.07) is 10.9. The van der Waals surface area contributed by atoms with E-state index in [4.69, 9.17) is 21.1 Å². The average Bonchev–Trinajstić information content (AvgIpc) is 2.49. The molecule has 0 aliphatic heterocycles. The van der Waals surface area contributed by atoms with E-state index in [1.807, 2.05) is 31.2 Å². The lowest BCUT2D eigenvalue weighted by Gasteiger charge is -2.15. The number of halogens is 2. The second-order valence-electron chi connectivity index (χ2n) is 4.83. The van der Waals surface area contributed by atoms with Crippen LogP contribution in [0.3, 0.4) is 0 Å². The molecule has 0 saturated heterocycles. The molecule has 0 fully saturated rings. The first-order valence-corrected chi connectivity index (χ1v) is 7.10. The molecule has 21 heavy (non-hydrogen) atoms. The molecule has 0 saturated carbocycles. The van der Waals surface area contributed by atoms with Crippen molar-refractivity contribution in [2.45, 2.75) is 18.7 Å². The van der Waals surface area contributed by atoms with E-state index in [2.05, 4.69) is 0 Å². The van der Waals surface area contributed by atoms with Crippen molar-refractivity contribution in [1.82, 2.24) is 0 Å². The predicted octanol–water partition coefficient (Wildman–Crippen LogP) is 4.67. The van der Waals surface area contributed by atoms with Gasteiger partial charge in [0, 0.05) is 11.6 Å². The largest absolute Gasteiger partial charge is 0.493 e. The second-order valence-corrected chi connectivity index (χ2v) is 5.35. The quantitative estimate of drug-likeness (QED) is 0.747. The predicted molar refractivity (Wildman–Crippen MR) is 83.0 cm³/mol. The molecule has 0 aliphatic rings. The van der Waals surface area contributed by atoms with E-state index in [0.29, 0.717) is 23.5 Å². The topological polar surface area (TPSA) is 18.5 Å². The Labute approximate surface area is 129 Å². The molecule has 4 heteroatoms. The zero-order valence-electron chi connectivity index (χ0n) is 12.3. The first-order valence-electron chi connectivity index (χ1n) is 6.66. The van der Waals surface area contributed by atoms with Crippen LogP contribution in [0.1, 0.15) is 22.1 Å². The molecule has 1 unspecified atom stereocenters. The molecule has 0 amide bonds. The van der Waals surface area contributed by atoms with Gasteiger partial charge in [-0.2, -0.15) is 0 Å². The Bertz CT molecular complexity index is 628. The molecule has 0 aliphatic carbocycles. The lowest BCUT2D eigenvalue weighted by Crippen LogP contribution is -2.02. The van der Waals surface area contributed by atoms with Gasteiger partial charge in [-0.25, -0.2) is 4.39 Å². The van der Waals surface area contributed by atoms with Gasteiger partial charge in [0.15, 0.2) is 11.5 Å². The Kier molecular flexibility index (Phi) is 5.07. The molecule has 112 valence electrons. The molecule has 0 spiro atoms. The number of hydrogen-bond donors (Lipinski definition) is 0. The summed E-state index contributed by atoms with van der Waals surface area (Å²) in [5, 5.41) is -0.467. The molecule has 2 nitrogen and oxygen atoms in total. The van der Waals surface area contributed by atoms with Gasteiger partial charge in [-0.05, 0) is 30.5 Å². The zero-order chi connectivity index (χ0) is 15.4. The molecule has 0 N–H and O–H groups in total. The SMILES string of the molecule is COc1cc(F)c(C(Cl)Cc2ccccc2C)cc1OC. The van der Waals surface area contributed by atoms with E-state index in [1.165, 1.54) is 20.3 Å². The van der Waals surface area contributed by atoms with Gasteiger partial charge < -0.3 is 9.47 Å². The zero-order valence-corrected chi connectivity index (χ0v) is 13.1. The van der Waals surface area contributed by atoms with Crippen LogP contribution in [0.4, 0.5) is 4.39 Å². The molecule has 0 aromatic heterocycles. The van der Waals surface area contributed by atoms with Crippen LogP contribution in [-0.2, 0) is 6.42 Å². The smallest absolute Gasteiger partial charge is 0.163 e. The van der Waals surface area contributed by atoms with Gasteiger partial charge in [0.05, 0.1) is 19.6 Å². The van der Waals surface area contributed by atoms with Gasteiger partial charge in [-0.15, -0.1) is 11.6 Å². The molecule has 0 radical (unpaired) electrons. The van der Waals surface area contributed by atoms with Crippen LogP contribution in [0.15, 0.2) is 36.4 Å². The minimum atomic E-state index is -0.467. The standard InChI is InChI=1S/C17H18ClFO2/c1-11-6-4-5-7-12(11)8-14(18)13-9-16(20-2)17(21-3)10-15(13)19/h4-7,9-10,14H,8H2,1-3H3. The van der Waals surface area contributed by atoms with E-state index in [0.717, 1.165) is 11.1 Å². The highest BCUT2D eigenvalue weighted by Gasteiger charge is 2.18. The third-order valence-electron chi connectivity index (χ3n) is 3.50. The number of rotatable bonds is 5. The molecule has 0 heterocycles. The average molecular weight is 309 g/mol. The summed E-state index contributed by atoms with van der Waals surface area (Å²) in [6.07, 6.45) is 0.556. The van der Waals surface area contributed by atoms with E-state index in [9.17, 15) is 4.39 Å². The van der Waals surface area contributed by atoms with Crippen molar-refractivity contribution >= 4 is 11.6 Å². The Morgan fingerprint density at radius 1 is 1.10 bits per heavy atom. The van der Waals surface area contributed by atoms with Crippen LogP contribution >= 0.6 is 11.6 Å². The maximum absolute atomic E-state index is 14.2. The van der Waals surface area contributed by atoms with Gasteiger partial charge >= 0.3 is 0 Å². The van der Waals surface area contributed by atoms with Gasteiger partial charge in [0.1, 0.15) is 5.82 Å². The highest BCUT2D eigenvalue weighted by atomic mass is 35.5. The fourth-order valence-corrected chi connectivity index (χ4v) is 2.59. The summed E-state index contributed by atoms with van der Waals surface area (Å²) in [5.74, 6) is 0.448. The fourth-order valence-electron chi connectivity index (χ4n) is 2.25. The summed E-state index contributed by atoms with van der Waals surface area (Å²) in [6.45, 7) is 2.02. The van der Waals surface area contributed by atoms with Crippen LogP contribution in [-0.4, -0.2) is 14.2 Å². The molecule has 2 aromatic carbocycles. The Morgan fingerprint density at radius 2 is 1.71 bits per heavy atom. The third kappa shape index (κ3) is 3.48. The van der Waals surface area contributed by atoms with Crippen molar-refractivity contribution in [3.63, 3.8) is 0 Å². The second kappa shape index (κ2) is 6.81. The van der Waals surface area contributed by atoms with E-state index < -0.39 is 5.38 Å². The normalized spacial score (nSPS) is 12.0. The van der Waals surface area contributed by atoms with Crippen molar-refractivity contribution in [3.05, 3.63) is 58.9 Å². The number of methoxy groups -OCH3 is 2. The Balaban J connectivity index is 2.31. The van der Waals surface area contributed by atoms with E-state index in [-0.39, 0.29) is 5.82 Å². The van der Waals surface area contributed by atoms with Crippen LogP contribution in [0.25, 0.3) is 0 Å². The monoisotopic (exact) mass is 308 g/mol. The molecular weight excluding hydrogens is 291 g/mol. The minimum absolute atomic E-state index is 0.360. The first-order chi connectivity index (χ1) is 10.1. The summed E-state index contributed by atoms with van der Waals surface area (Å²) in [5.41, 5.74) is 2.66. The van der Waals surface area contributed by atoms with Crippen molar-refractivity contribution in [2.75, 3.05) is 14.2 Å². The van der Waals surface area contributed by atoms with Crippen molar-refractivity contribution in [2.24, 2.45) is 0 Å². The third-order valence-corrected chi connectivity index (χ3v) is 3.89. The van der Waals surface area contributed by atoms with Crippen molar-refractivity contribution in [3.8, 4) is 11.5 Å². The number of hydrogen-bond acceptors (Lipinski definition) is 2. The Morgan fingerprint density at radius 3 is 2.33 bits per heavy atom. The molecule has 2 aromatic rings. The van der Waals surface area contributed by atoms with Crippen LogP contribution < -0.4 is 9.47 Å². The lowest BCUT2D eigenvalue weighted by molar-refractivity contribution is 0.351. The summed E-state index contributed by atoms with van der Waals surface area (Å²) in [7, 11) is 2.99. The van der Waals surface area contributed by atoms with Gasteiger partial charge in [-0.3, -0.25) is 0 Å². The molecule has 1 atom stereocenters. The van der Waals surface area contributed by atoms with Gasteiger partial charge in [0.25, 0.3) is 0 Å². The molecule has 0 bridgehead atoms. The summed E-state index contributed by atoms with van der Waals surface area (Å²) >= 11 is 6.41. The summed E-state index contributed by atoms with van der Waals surface area (Å²) < 4.78 is 24.5. The van der Waals surface area contributed by atoms with E-state index >= 15 is 0 Å². The fraction of sp³-hybridized carbons (Fsp3) is 0.294. The number of ether oxygens (including phenoxy) is 2. The van der Waals surface area contributed by atoms with Crippen molar-refractivity contribution < 1.29 is 13.9 Å². The maximum atomic E-state index is 14.2. The van der Waals surface area contributed by atoms with Crippen LogP contribution in [0, 0.1) is 12.7 Å². The summed E-state index contributed by atoms with van der Waals surface area (Å²) in [4.78, 5) is 0. The number of aryl methyl sites for hydroxylation is 1.